The molecule has 6 rings (SSSR count). The van der Waals surface area contributed by atoms with Gasteiger partial charge in [-0.1, -0.05) is 61.4 Å². The smallest absolute Gasteiger partial charge is 0.278 e. The van der Waals surface area contributed by atoms with Gasteiger partial charge < -0.3 is 10.6 Å². The van der Waals surface area contributed by atoms with E-state index in [9.17, 15) is 8.78 Å². The summed E-state index contributed by atoms with van der Waals surface area (Å²) in [5.74, 6) is 2.42. The van der Waals surface area contributed by atoms with Crippen LogP contribution in [0.25, 0.3) is 11.8 Å². The van der Waals surface area contributed by atoms with E-state index in [1.54, 1.807) is 17.1 Å². The van der Waals surface area contributed by atoms with Crippen molar-refractivity contribution >= 4 is 29.5 Å². The van der Waals surface area contributed by atoms with Crippen molar-refractivity contribution in [3.63, 3.8) is 0 Å². The molecule has 2 aromatic rings. The van der Waals surface area contributed by atoms with Crippen LogP contribution in [-0.4, -0.2) is 71.8 Å². The van der Waals surface area contributed by atoms with Crippen LogP contribution in [0.5, 0.6) is 0 Å². The summed E-state index contributed by atoms with van der Waals surface area (Å²) in [6.45, 7) is 14.2. The van der Waals surface area contributed by atoms with Crippen LogP contribution < -0.4 is 16.2 Å². The van der Waals surface area contributed by atoms with Crippen LogP contribution in [0.4, 0.5) is 14.6 Å². The van der Waals surface area contributed by atoms with Gasteiger partial charge in [-0.05, 0) is 126 Å². The molecule has 3 heterocycles. The second-order valence-corrected chi connectivity index (χ2v) is 16.9. The van der Waals surface area contributed by atoms with E-state index >= 15 is 0 Å². The van der Waals surface area contributed by atoms with Crippen molar-refractivity contribution in [3.05, 3.63) is 95.9 Å². The zero-order valence-corrected chi connectivity index (χ0v) is 35.2. The van der Waals surface area contributed by atoms with Gasteiger partial charge in [0.25, 0.3) is 6.43 Å². The Kier molecular flexibility index (Phi) is 16.3. The van der Waals surface area contributed by atoms with E-state index in [0.29, 0.717) is 23.2 Å². The van der Waals surface area contributed by atoms with Gasteiger partial charge in [0.05, 0.1) is 18.4 Å². The predicted octanol–water partition coefficient (Wildman–Crippen LogP) is 10.2. The molecule has 1 saturated carbocycles. The maximum atomic E-state index is 14.2. The number of aromatic nitrogens is 2. The molecular formula is C48H68F2N8. The number of allylic oxidation sites excluding steroid dienone is 6. The first-order valence-corrected chi connectivity index (χ1v) is 22.1. The molecule has 0 bridgehead atoms. The van der Waals surface area contributed by atoms with Crippen LogP contribution in [0.1, 0.15) is 119 Å². The number of hydrogen-bond donors (Lipinski definition) is 2. The summed E-state index contributed by atoms with van der Waals surface area (Å²) in [4.78, 5) is 12.5. The average molecular weight is 795 g/mol. The molecule has 0 radical (unpaired) electrons. The number of hydrazine groups is 1. The number of halogens is 2. The fraction of sp³-hybridized carbons (Fsp3) is 0.562. The van der Waals surface area contributed by atoms with E-state index in [4.69, 9.17) is 15.7 Å². The number of hydrogen-bond acceptors (Lipinski definition) is 7. The van der Waals surface area contributed by atoms with Crippen LogP contribution in [0, 0.1) is 17.8 Å². The molecule has 2 atom stereocenters. The van der Waals surface area contributed by atoms with E-state index in [1.165, 1.54) is 67.6 Å². The number of nitrogens with two attached hydrogens (primary N) is 1. The number of unbranched alkanes of at least 4 members (excludes halogenated alkanes) is 1. The van der Waals surface area contributed by atoms with Gasteiger partial charge in [-0.15, -0.1) is 13.2 Å². The van der Waals surface area contributed by atoms with Gasteiger partial charge in [0.1, 0.15) is 0 Å². The topological polar surface area (TPSA) is 87.1 Å². The lowest BCUT2D eigenvalue weighted by atomic mass is 9.84. The molecular weight excluding hydrogens is 727 g/mol. The third-order valence-corrected chi connectivity index (χ3v) is 12.9. The van der Waals surface area contributed by atoms with Crippen molar-refractivity contribution in [3.8, 4) is 0 Å². The fourth-order valence-corrected chi connectivity index (χ4v) is 9.53. The number of benzene rings is 1. The third-order valence-electron chi connectivity index (χ3n) is 12.9. The maximum Gasteiger partial charge on any atom is 0.278 e. The van der Waals surface area contributed by atoms with Crippen LogP contribution in [0.2, 0.25) is 0 Å². The summed E-state index contributed by atoms with van der Waals surface area (Å²) >= 11 is 0. The van der Waals surface area contributed by atoms with Crippen molar-refractivity contribution in [1.82, 2.24) is 20.1 Å². The molecule has 2 aliphatic carbocycles. The Morgan fingerprint density at radius 2 is 1.90 bits per heavy atom. The number of aliphatic imine (C=N–C) groups is 2. The van der Waals surface area contributed by atoms with Gasteiger partial charge in [-0.25, -0.2) is 18.9 Å². The highest BCUT2D eigenvalue weighted by Crippen LogP contribution is 2.33. The number of aryl methyl sites for hydroxylation is 1. The number of anilines is 1. The molecule has 3 N–H and O–H groups in total. The number of nitrogens with one attached hydrogen (secondary N) is 1. The van der Waals surface area contributed by atoms with Crippen LogP contribution in [0.15, 0.2) is 83.6 Å². The highest BCUT2D eigenvalue weighted by atomic mass is 19.3. The van der Waals surface area contributed by atoms with E-state index < -0.39 is 12.1 Å². The summed E-state index contributed by atoms with van der Waals surface area (Å²) in [7, 11) is 1.90. The highest BCUT2D eigenvalue weighted by molar-refractivity contribution is 6.13. The van der Waals surface area contributed by atoms with Gasteiger partial charge in [-0.3, -0.25) is 15.0 Å². The lowest BCUT2D eigenvalue weighted by Crippen LogP contribution is -2.43. The molecule has 4 aliphatic rings. The standard InChI is InChI=1S/C48H68F2N8/c1-5-8-16-37(7-3)46-41-21-14-18-38(42(41)31-53-46)17-13-12-15-35-26-29-57(30-27-35)34-36-22-24-39(25-23-36)52-32-43(45(51)47(49)50)44-33-54-58(28-6-2)48(44)56(4)55-40-19-10-9-11-20-40/h5-7,10,14,18-19,21,28,32-33,35-37,39-40,47,55H,1,3,8-9,11-13,15-17,20,22-27,29-31,34,51H2,2,4H3/b28-6-,45-43?,52-32?. The highest BCUT2D eigenvalue weighted by Gasteiger charge is 2.28. The van der Waals surface area contributed by atoms with E-state index in [0.717, 1.165) is 83.2 Å². The lowest BCUT2D eigenvalue weighted by Gasteiger charge is -2.36. The molecule has 2 unspecified atom stereocenters. The van der Waals surface area contributed by atoms with Gasteiger partial charge in [0.2, 0.25) is 0 Å². The Bertz CT molecular complexity index is 1800. The maximum absolute atomic E-state index is 14.2. The molecule has 1 aromatic heterocycles. The van der Waals surface area contributed by atoms with E-state index in [-0.39, 0.29) is 17.7 Å². The minimum Gasteiger partial charge on any atom is -0.397 e. The molecule has 1 saturated heterocycles. The fourth-order valence-electron chi connectivity index (χ4n) is 9.53. The van der Waals surface area contributed by atoms with Gasteiger partial charge >= 0.3 is 0 Å². The second kappa shape index (κ2) is 21.7. The summed E-state index contributed by atoms with van der Waals surface area (Å²) in [6.07, 6.45) is 29.4. The lowest BCUT2D eigenvalue weighted by molar-refractivity contribution is 0.139. The third kappa shape index (κ3) is 11.3. The minimum absolute atomic E-state index is 0.0950. The number of fused-ring (bicyclic) bond motifs is 1. The largest absolute Gasteiger partial charge is 0.397 e. The SMILES string of the molecule is C=CCCC(C=C)C1=NCc2c(CCCCC3CCN(CC4CCC(N=CC(=C(N)C(F)F)c5cnn(/C=C\C)c5N(C)NC5C=CCCC5)CC4)CC3)cccc21. The summed E-state index contributed by atoms with van der Waals surface area (Å²) in [6, 6.07) is 7.02. The van der Waals surface area contributed by atoms with Crippen molar-refractivity contribution in [1.29, 1.82) is 0 Å². The first-order valence-electron chi connectivity index (χ1n) is 22.1. The van der Waals surface area contributed by atoms with E-state index in [1.807, 2.05) is 37.3 Å². The van der Waals surface area contributed by atoms with Crippen LogP contribution in [0.3, 0.4) is 0 Å². The number of piperidine rings is 1. The molecule has 8 nitrogen and oxygen atoms in total. The quantitative estimate of drug-likeness (QED) is 0.0603. The Morgan fingerprint density at radius 1 is 1.09 bits per heavy atom. The molecule has 314 valence electrons. The Hall–Kier alpha value is -4.15. The minimum atomic E-state index is -2.80. The van der Waals surface area contributed by atoms with Crippen LogP contribution in [-0.2, 0) is 13.0 Å². The van der Waals surface area contributed by atoms with Gasteiger partial charge in [-0.2, -0.15) is 5.10 Å². The Morgan fingerprint density at radius 3 is 2.60 bits per heavy atom. The number of likely N-dealkylation sites (tertiary alicyclic amines) is 1. The van der Waals surface area contributed by atoms with Gasteiger partial charge in [0.15, 0.2) is 5.82 Å². The summed E-state index contributed by atoms with van der Waals surface area (Å²) in [5, 5.41) is 6.40. The first kappa shape index (κ1) is 43.4. The number of nitrogens with zero attached hydrogens (tertiary/aromatic N) is 6. The number of rotatable bonds is 20. The predicted molar refractivity (Wildman–Crippen MR) is 239 cm³/mol. The zero-order valence-electron chi connectivity index (χ0n) is 35.2. The molecule has 2 aliphatic heterocycles. The van der Waals surface area contributed by atoms with Crippen LogP contribution >= 0.6 is 0 Å². The summed E-state index contributed by atoms with van der Waals surface area (Å²) in [5.41, 5.74) is 15.4. The molecule has 0 spiro atoms. The molecule has 58 heavy (non-hydrogen) atoms. The monoisotopic (exact) mass is 795 g/mol. The first-order chi connectivity index (χ1) is 28.3. The Labute approximate surface area is 346 Å². The van der Waals surface area contributed by atoms with Crippen molar-refractivity contribution < 1.29 is 8.78 Å². The van der Waals surface area contributed by atoms with Crippen molar-refractivity contribution in [2.45, 2.75) is 128 Å². The Balaban J connectivity index is 0.943. The number of alkyl halides is 2. The van der Waals surface area contributed by atoms with Crippen molar-refractivity contribution in [2.75, 3.05) is 31.7 Å². The van der Waals surface area contributed by atoms with Crippen molar-refractivity contribution in [2.24, 2.45) is 33.5 Å². The van der Waals surface area contributed by atoms with Gasteiger partial charge in [0, 0.05) is 66.4 Å². The van der Waals surface area contributed by atoms with E-state index in [2.05, 4.69) is 65.0 Å². The molecule has 1 aromatic carbocycles. The normalized spacial score (nSPS) is 22.7. The second-order valence-electron chi connectivity index (χ2n) is 16.9. The molecule has 2 fully saturated rings. The average Bonchev–Trinajstić information content (AvgIpc) is 3.87. The zero-order chi connectivity index (χ0) is 40.9. The molecule has 0 amide bonds. The molecule has 10 heteroatoms. The summed E-state index contributed by atoms with van der Waals surface area (Å²) < 4.78 is 30.1.